The average Bonchev–Trinajstić information content (AvgIpc) is 2.53. The quantitative estimate of drug-likeness (QED) is 0.803. The summed E-state index contributed by atoms with van der Waals surface area (Å²) >= 11 is 0. The number of benzene rings is 2. The number of hydrogen-bond donors (Lipinski definition) is 1. The second-order valence-electron chi connectivity index (χ2n) is 4.95. The third-order valence-electron chi connectivity index (χ3n) is 3.26. The van der Waals surface area contributed by atoms with Gasteiger partial charge in [0.05, 0.1) is 0 Å². The summed E-state index contributed by atoms with van der Waals surface area (Å²) in [6.07, 6.45) is 11.6. The second kappa shape index (κ2) is 6.14. The standard InChI is InChI=1S/C19H17NO/c20-17-8-12-19(13-9-17)21-18-10-6-16(7-11-18)14-15-4-2-1-3-5-15/h1-4,6-14H,5,20H2. The lowest BCUT2D eigenvalue weighted by Crippen LogP contribution is -1.87. The predicted molar refractivity (Wildman–Crippen MR) is 88.2 cm³/mol. The lowest BCUT2D eigenvalue weighted by atomic mass is 10.0. The molecular weight excluding hydrogens is 258 g/mol. The van der Waals surface area contributed by atoms with Crippen molar-refractivity contribution in [2.45, 2.75) is 6.42 Å². The fourth-order valence-electron chi connectivity index (χ4n) is 2.16. The molecule has 0 radical (unpaired) electrons. The molecule has 0 saturated carbocycles. The molecule has 3 rings (SSSR count). The van der Waals surface area contributed by atoms with Crippen molar-refractivity contribution in [1.82, 2.24) is 0 Å². The summed E-state index contributed by atoms with van der Waals surface area (Å²) < 4.78 is 5.78. The minimum absolute atomic E-state index is 0.735. The number of hydrogen-bond acceptors (Lipinski definition) is 2. The molecule has 2 aromatic rings. The Labute approximate surface area is 124 Å². The molecule has 2 heteroatoms. The molecule has 2 nitrogen and oxygen atoms in total. The van der Waals surface area contributed by atoms with E-state index < -0.39 is 0 Å². The van der Waals surface area contributed by atoms with Crippen molar-refractivity contribution in [3.05, 3.63) is 84.0 Å². The van der Waals surface area contributed by atoms with Gasteiger partial charge in [0.25, 0.3) is 0 Å². The Morgan fingerprint density at radius 1 is 0.857 bits per heavy atom. The summed E-state index contributed by atoms with van der Waals surface area (Å²) in [6, 6.07) is 15.5. The summed E-state index contributed by atoms with van der Waals surface area (Å²) in [5, 5.41) is 0. The van der Waals surface area contributed by atoms with E-state index in [4.69, 9.17) is 10.5 Å². The Bertz CT molecular complexity index is 691. The molecule has 2 N–H and O–H groups in total. The molecule has 2 aromatic carbocycles. The van der Waals surface area contributed by atoms with Crippen LogP contribution in [0.25, 0.3) is 6.08 Å². The van der Waals surface area contributed by atoms with E-state index >= 15 is 0 Å². The zero-order valence-corrected chi connectivity index (χ0v) is 11.7. The number of ether oxygens (including phenoxy) is 1. The number of nitrogens with two attached hydrogens (primary N) is 1. The zero-order chi connectivity index (χ0) is 14.5. The van der Waals surface area contributed by atoms with Gasteiger partial charge in [-0.2, -0.15) is 0 Å². The van der Waals surface area contributed by atoms with Crippen molar-refractivity contribution in [3.63, 3.8) is 0 Å². The van der Waals surface area contributed by atoms with E-state index in [0.717, 1.165) is 23.6 Å². The number of nitrogen functional groups attached to an aromatic ring is 1. The van der Waals surface area contributed by atoms with Crippen LogP contribution < -0.4 is 10.5 Å². The van der Waals surface area contributed by atoms with E-state index in [2.05, 4.69) is 42.5 Å². The van der Waals surface area contributed by atoms with Crippen LogP contribution in [0.15, 0.2) is 78.4 Å². The minimum Gasteiger partial charge on any atom is -0.457 e. The van der Waals surface area contributed by atoms with Gasteiger partial charge in [0, 0.05) is 5.69 Å². The molecule has 1 aliphatic carbocycles. The first-order valence-corrected chi connectivity index (χ1v) is 6.97. The Morgan fingerprint density at radius 3 is 2.14 bits per heavy atom. The molecule has 1 aliphatic rings. The van der Waals surface area contributed by atoms with Crippen LogP contribution in [-0.4, -0.2) is 0 Å². The lowest BCUT2D eigenvalue weighted by Gasteiger charge is -2.07. The molecule has 104 valence electrons. The van der Waals surface area contributed by atoms with E-state index in [1.165, 1.54) is 11.1 Å². The van der Waals surface area contributed by atoms with E-state index in [1.54, 1.807) is 0 Å². The molecule has 0 spiro atoms. The topological polar surface area (TPSA) is 35.2 Å². The maximum Gasteiger partial charge on any atom is 0.127 e. The van der Waals surface area contributed by atoms with Crippen molar-refractivity contribution >= 4 is 11.8 Å². The lowest BCUT2D eigenvalue weighted by molar-refractivity contribution is 0.483. The van der Waals surface area contributed by atoms with E-state index in [-0.39, 0.29) is 0 Å². The number of anilines is 1. The second-order valence-corrected chi connectivity index (χ2v) is 4.95. The summed E-state index contributed by atoms with van der Waals surface area (Å²) in [6.45, 7) is 0. The van der Waals surface area contributed by atoms with Crippen molar-refractivity contribution in [2.24, 2.45) is 0 Å². The van der Waals surface area contributed by atoms with Gasteiger partial charge in [-0.05, 0) is 54.0 Å². The normalized spacial score (nSPS) is 15.3. The Kier molecular flexibility index (Phi) is 3.88. The molecule has 0 amide bonds. The third kappa shape index (κ3) is 3.63. The first-order valence-electron chi connectivity index (χ1n) is 6.97. The largest absolute Gasteiger partial charge is 0.457 e. The van der Waals surface area contributed by atoms with Gasteiger partial charge in [-0.25, -0.2) is 0 Å². The zero-order valence-electron chi connectivity index (χ0n) is 11.7. The Balaban J connectivity index is 1.70. The summed E-state index contributed by atoms with van der Waals surface area (Å²) in [5.41, 5.74) is 8.88. The van der Waals surface area contributed by atoms with Gasteiger partial charge in [-0.1, -0.05) is 42.5 Å². The van der Waals surface area contributed by atoms with Crippen LogP contribution in [0.1, 0.15) is 12.0 Å². The van der Waals surface area contributed by atoms with Crippen LogP contribution in [-0.2, 0) is 0 Å². The average molecular weight is 275 g/mol. The monoisotopic (exact) mass is 275 g/mol. The van der Waals surface area contributed by atoms with Crippen LogP contribution in [0.5, 0.6) is 11.5 Å². The Hall–Kier alpha value is -2.74. The molecule has 0 unspecified atom stereocenters. The van der Waals surface area contributed by atoms with Gasteiger partial charge < -0.3 is 10.5 Å². The van der Waals surface area contributed by atoms with Crippen LogP contribution in [0.4, 0.5) is 5.69 Å². The van der Waals surface area contributed by atoms with Crippen LogP contribution in [0.3, 0.4) is 0 Å². The summed E-state index contributed by atoms with van der Waals surface area (Å²) in [5.74, 6) is 1.61. The van der Waals surface area contributed by atoms with Crippen molar-refractivity contribution in [3.8, 4) is 11.5 Å². The van der Waals surface area contributed by atoms with Gasteiger partial charge in [0.15, 0.2) is 0 Å². The Morgan fingerprint density at radius 2 is 1.52 bits per heavy atom. The molecule has 0 saturated heterocycles. The maximum absolute atomic E-state index is 5.78. The molecule has 0 aromatic heterocycles. The smallest absolute Gasteiger partial charge is 0.127 e. The first-order chi connectivity index (χ1) is 10.3. The molecule has 0 atom stereocenters. The number of allylic oxidation sites excluding steroid dienone is 5. The van der Waals surface area contributed by atoms with Crippen LogP contribution in [0.2, 0.25) is 0 Å². The molecule has 0 heterocycles. The van der Waals surface area contributed by atoms with Crippen LogP contribution in [0, 0.1) is 0 Å². The van der Waals surface area contributed by atoms with Crippen molar-refractivity contribution in [2.75, 3.05) is 5.73 Å². The number of rotatable bonds is 3. The molecule has 21 heavy (non-hydrogen) atoms. The summed E-state index contributed by atoms with van der Waals surface area (Å²) in [4.78, 5) is 0. The highest BCUT2D eigenvalue weighted by atomic mass is 16.5. The molecule has 0 fully saturated rings. The fraction of sp³-hybridized carbons (Fsp3) is 0.0526. The highest BCUT2D eigenvalue weighted by molar-refractivity contribution is 5.58. The molecular formula is C19H17NO. The molecule has 0 bridgehead atoms. The van der Waals surface area contributed by atoms with Gasteiger partial charge in [-0.3, -0.25) is 0 Å². The predicted octanol–water partition coefficient (Wildman–Crippen LogP) is 4.96. The summed E-state index contributed by atoms with van der Waals surface area (Å²) in [7, 11) is 0. The highest BCUT2D eigenvalue weighted by Gasteiger charge is 1.99. The van der Waals surface area contributed by atoms with Gasteiger partial charge in [0.2, 0.25) is 0 Å². The minimum atomic E-state index is 0.735. The van der Waals surface area contributed by atoms with Gasteiger partial charge in [0.1, 0.15) is 11.5 Å². The van der Waals surface area contributed by atoms with Crippen molar-refractivity contribution in [1.29, 1.82) is 0 Å². The van der Waals surface area contributed by atoms with E-state index in [1.807, 2.05) is 36.4 Å². The van der Waals surface area contributed by atoms with Crippen LogP contribution >= 0.6 is 0 Å². The maximum atomic E-state index is 5.78. The molecule has 0 aliphatic heterocycles. The third-order valence-corrected chi connectivity index (χ3v) is 3.26. The van der Waals surface area contributed by atoms with E-state index in [0.29, 0.717) is 0 Å². The van der Waals surface area contributed by atoms with Crippen molar-refractivity contribution < 1.29 is 4.74 Å². The first kappa shape index (κ1) is 13.3. The van der Waals surface area contributed by atoms with E-state index in [9.17, 15) is 0 Å². The fourth-order valence-corrected chi connectivity index (χ4v) is 2.16. The highest BCUT2D eigenvalue weighted by Crippen LogP contribution is 2.23. The SMILES string of the molecule is Nc1ccc(Oc2ccc(C=C3C=CC=CC3)cc2)cc1. The van der Waals surface area contributed by atoms with Gasteiger partial charge in [-0.15, -0.1) is 0 Å². The van der Waals surface area contributed by atoms with Gasteiger partial charge >= 0.3 is 0 Å².